The molecule has 0 spiro atoms. The van der Waals surface area contributed by atoms with Gasteiger partial charge in [-0.1, -0.05) is 23.7 Å². The maximum Gasteiger partial charge on any atom is 0.247 e. The summed E-state index contributed by atoms with van der Waals surface area (Å²) in [6, 6.07) is 11.9. The summed E-state index contributed by atoms with van der Waals surface area (Å²) in [5.41, 5.74) is 3.51. The molecule has 0 atom stereocenters. The van der Waals surface area contributed by atoms with Crippen molar-refractivity contribution < 1.29 is 14.6 Å². The first-order valence-corrected chi connectivity index (χ1v) is 13.0. The molecule has 194 valence electrons. The number of anilines is 3. The summed E-state index contributed by atoms with van der Waals surface area (Å²) in [6.07, 6.45) is 7.86. The largest absolute Gasteiger partial charge is 0.395 e. The molecule has 3 aromatic heterocycles. The number of benzene rings is 1. The quantitative estimate of drug-likeness (QED) is 0.361. The van der Waals surface area contributed by atoms with Gasteiger partial charge in [-0.2, -0.15) is 10.1 Å². The zero-order valence-electron chi connectivity index (χ0n) is 20.5. The van der Waals surface area contributed by atoms with Gasteiger partial charge < -0.3 is 24.8 Å². The predicted molar refractivity (Wildman–Crippen MR) is 140 cm³/mol. The van der Waals surface area contributed by atoms with E-state index in [0.717, 1.165) is 54.9 Å². The van der Waals surface area contributed by atoms with E-state index >= 15 is 0 Å². The summed E-state index contributed by atoms with van der Waals surface area (Å²) in [5.74, 6) is 0.511. The maximum absolute atomic E-state index is 10.3. The van der Waals surface area contributed by atoms with E-state index in [4.69, 9.17) is 26.1 Å². The molecule has 2 aliphatic rings. The molecule has 2 saturated heterocycles. The lowest BCUT2D eigenvalue weighted by atomic mass is 9.73. The van der Waals surface area contributed by atoms with Crippen LogP contribution < -0.4 is 10.2 Å². The molecule has 0 unspecified atom stereocenters. The Morgan fingerprint density at radius 1 is 1.11 bits per heavy atom. The Bertz CT molecular complexity index is 1340. The Labute approximate surface area is 219 Å². The highest BCUT2D eigenvalue weighted by Crippen LogP contribution is 2.38. The highest BCUT2D eigenvalue weighted by atomic mass is 35.5. The molecule has 0 saturated carbocycles. The number of pyridine rings is 1. The van der Waals surface area contributed by atoms with Gasteiger partial charge in [-0.25, -0.2) is 4.52 Å². The van der Waals surface area contributed by atoms with Gasteiger partial charge in [-0.05, 0) is 42.7 Å². The van der Waals surface area contributed by atoms with Gasteiger partial charge in [0.2, 0.25) is 5.95 Å². The van der Waals surface area contributed by atoms with Crippen LogP contribution in [0.4, 0.5) is 17.3 Å². The second-order valence-corrected chi connectivity index (χ2v) is 10.0. The molecule has 2 fully saturated rings. The molecule has 4 aromatic rings. The lowest BCUT2D eigenvalue weighted by Crippen LogP contribution is -2.45. The van der Waals surface area contributed by atoms with Gasteiger partial charge in [0.25, 0.3) is 0 Å². The maximum atomic E-state index is 10.3. The zero-order valence-corrected chi connectivity index (χ0v) is 21.2. The van der Waals surface area contributed by atoms with E-state index in [1.165, 1.54) is 0 Å². The Morgan fingerprint density at radius 2 is 1.89 bits per heavy atom. The van der Waals surface area contributed by atoms with Crippen molar-refractivity contribution >= 4 is 34.6 Å². The molecule has 0 aliphatic carbocycles. The van der Waals surface area contributed by atoms with Crippen molar-refractivity contribution in [2.24, 2.45) is 0 Å². The number of ether oxygens (including phenoxy) is 2. The Hall–Kier alpha value is -3.18. The fraction of sp³-hybridized carbons (Fsp3) is 0.423. The first-order chi connectivity index (χ1) is 18.1. The van der Waals surface area contributed by atoms with Gasteiger partial charge in [-0.15, -0.1) is 5.10 Å². The molecule has 11 heteroatoms. The lowest BCUT2D eigenvalue weighted by Gasteiger charge is -2.42. The lowest BCUT2D eigenvalue weighted by molar-refractivity contribution is -0.0495. The van der Waals surface area contributed by atoms with Gasteiger partial charge in [0.1, 0.15) is 0 Å². The molecule has 0 radical (unpaired) electrons. The van der Waals surface area contributed by atoms with Crippen LogP contribution in [0.2, 0.25) is 5.02 Å². The number of hydrogen-bond donors (Lipinski definition) is 2. The van der Waals surface area contributed by atoms with Crippen molar-refractivity contribution in [3.05, 3.63) is 65.6 Å². The van der Waals surface area contributed by atoms with E-state index in [1.807, 2.05) is 47.4 Å². The molecule has 5 heterocycles. The molecule has 1 aromatic carbocycles. The normalized spacial score (nSPS) is 18.1. The number of rotatable bonds is 8. The minimum Gasteiger partial charge on any atom is -0.395 e. The van der Waals surface area contributed by atoms with Crippen LogP contribution in [-0.2, 0) is 21.4 Å². The number of fused-ring (bicyclic) bond motifs is 1. The summed E-state index contributed by atoms with van der Waals surface area (Å²) in [7, 11) is 0. The molecule has 6 rings (SSSR count). The second kappa shape index (κ2) is 10.3. The molecule has 2 aliphatic heterocycles. The van der Waals surface area contributed by atoms with Crippen LogP contribution in [0, 0.1) is 0 Å². The average Bonchev–Trinajstić information content (AvgIpc) is 3.69. The van der Waals surface area contributed by atoms with Crippen LogP contribution in [0.3, 0.4) is 0 Å². The van der Waals surface area contributed by atoms with Crippen LogP contribution in [-0.4, -0.2) is 68.7 Å². The van der Waals surface area contributed by atoms with E-state index < -0.39 is 0 Å². The van der Waals surface area contributed by atoms with Crippen molar-refractivity contribution in [1.82, 2.24) is 24.4 Å². The topological polar surface area (TPSA) is 102 Å². The molecule has 10 nitrogen and oxygen atoms in total. The smallest absolute Gasteiger partial charge is 0.247 e. The van der Waals surface area contributed by atoms with Crippen LogP contribution in [0.25, 0.3) is 5.65 Å². The number of nitrogens with zero attached hydrogens (tertiary/aromatic N) is 6. The van der Waals surface area contributed by atoms with Crippen molar-refractivity contribution in [3.8, 4) is 0 Å². The van der Waals surface area contributed by atoms with E-state index in [0.29, 0.717) is 30.7 Å². The Balaban J connectivity index is 1.14. The summed E-state index contributed by atoms with van der Waals surface area (Å²) in [4.78, 5) is 7.11. The van der Waals surface area contributed by atoms with E-state index in [-0.39, 0.29) is 18.3 Å². The fourth-order valence-electron chi connectivity index (χ4n) is 5.20. The number of piperidine rings is 1. The predicted octanol–water partition coefficient (Wildman–Crippen LogP) is 3.62. The minimum absolute atomic E-state index is 0.111. The van der Waals surface area contributed by atoms with Crippen molar-refractivity contribution in [2.75, 3.05) is 43.1 Å². The third-order valence-corrected chi connectivity index (χ3v) is 7.59. The van der Waals surface area contributed by atoms with Gasteiger partial charge in [-0.3, -0.25) is 4.68 Å². The fourth-order valence-corrected chi connectivity index (χ4v) is 5.33. The third-order valence-electron chi connectivity index (χ3n) is 7.34. The molecule has 37 heavy (non-hydrogen) atoms. The average molecular weight is 524 g/mol. The van der Waals surface area contributed by atoms with Gasteiger partial charge >= 0.3 is 0 Å². The molecule has 0 bridgehead atoms. The number of halogens is 1. The number of aliphatic hydroxyl groups is 1. The van der Waals surface area contributed by atoms with Crippen LogP contribution in [0.15, 0.2) is 55.0 Å². The van der Waals surface area contributed by atoms with E-state index in [1.54, 1.807) is 10.7 Å². The zero-order chi connectivity index (χ0) is 25.2. The van der Waals surface area contributed by atoms with Crippen LogP contribution in [0.1, 0.15) is 24.8 Å². The minimum atomic E-state index is -0.261. The summed E-state index contributed by atoms with van der Waals surface area (Å²) in [5, 5.41) is 23.3. The van der Waals surface area contributed by atoms with Crippen LogP contribution in [0.5, 0.6) is 0 Å². The Morgan fingerprint density at radius 3 is 2.65 bits per heavy atom. The van der Waals surface area contributed by atoms with Crippen molar-refractivity contribution in [2.45, 2.75) is 37.5 Å². The third kappa shape index (κ3) is 5.02. The molecule has 2 N–H and O–H groups in total. The summed E-state index contributed by atoms with van der Waals surface area (Å²) >= 11 is 6.09. The number of hydrogen-bond acceptors (Lipinski definition) is 8. The van der Waals surface area contributed by atoms with Gasteiger partial charge in [0.05, 0.1) is 37.4 Å². The monoisotopic (exact) mass is 523 g/mol. The molecular weight excluding hydrogens is 494 g/mol. The van der Waals surface area contributed by atoms with E-state index in [2.05, 4.69) is 26.5 Å². The second-order valence-electron chi connectivity index (χ2n) is 9.61. The molecular formula is C26H30ClN7O3. The summed E-state index contributed by atoms with van der Waals surface area (Å²) in [6.45, 7) is 3.73. The Kier molecular flexibility index (Phi) is 6.72. The van der Waals surface area contributed by atoms with Gasteiger partial charge in [0, 0.05) is 48.9 Å². The summed E-state index contributed by atoms with van der Waals surface area (Å²) < 4.78 is 14.6. The first kappa shape index (κ1) is 24.2. The number of nitrogens with one attached hydrogen (secondary N) is 1. The van der Waals surface area contributed by atoms with Crippen molar-refractivity contribution in [3.63, 3.8) is 0 Å². The van der Waals surface area contributed by atoms with E-state index in [9.17, 15) is 5.11 Å². The number of aromatic nitrogens is 5. The van der Waals surface area contributed by atoms with Gasteiger partial charge in [0.15, 0.2) is 11.9 Å². The highest BCUT2D eigenvalue weighted by molar-refractivity contribution is 6.30. The molecule has 0 amide bonds. The first-order valence-electron chi connectivity index (χ1n) is 12.6. The SMILES string of the molecule is OCC1(c2ccc(Cl)cc2)CCN(c2cccn3nc(Nc4cnn(CCC5OCCO5)c4)nc23)CC1. The number of aliphatic hydroxyl groups excluding tert-OH is 1. The highest BCUT2D eigenvalue weighted by Gasteiger charge is 2.36. The standard InChI is InChI=1S/C26H30ClN7O3/c27-20-5-3-19(4-6-20)26(18-35)8-12-32(13-9-26)22-2-1-10-34-24(22)30-25(31-34)29-21-16-28-33(17-21)11-7-23-36-14-15-37-23/h1-6,10,16-17,23,35H,7-9,11-15,18H2,(H,29,31). The van der Waals surface area contributed by atoms with Crippen LogP contribution >= 0.6 is 11.6 Å². The van der Waals surface area contributed by atoms with Crippen molar-refractivity contribution in [1.29, 1.82) is 0 Å². The number of aryl methyl sites for hydroxylation is 1.